The minimum absolute atomic E-state index is 0.441. The predicted molar refractivity (Wildman–Crippen MR) is 90.4 cm³/mol. The van der Waals surface area contributed by atoms with Crippen LogP contribution in [0.5, 0.6) is 0 Å². The van der Waals surface area contributed by atoms with Crippen LogP contribution in [-0.2, 0) is 23.7 Å². The van der Waals surface area contributed by atoms with Gasteiger partial charge in [-0.15, -0.1) is 0 Å². The van der Waals surface area contributed by atoms with Crippen LogP contribution in [0.1, 0.15) is 13.8 Å². The number of hydrogen-bond acceptors (Lipinski definition) is 10. The summed E-state index contributed by atoms with van der Waals surface area (Å²) in [6, 6.07) is -1.82. The standard InChI is InChI=1S/C16H30N2O9/c1-6-10(17)12(22)15(9(5-20)25-6)27-16-11(18-7(2)21)13(23)14(24-3)8(4-19)26-16/h6,8-16,19-20,22-23H,4-5,17H2,1-3H3,(H,18,21)/t6-,8?,9?,10?,11?,12+,13+,14+,15+,16+/m0/s1. The zero-order chi connectivity index (χ0) is 20.3. The quantitative estimate of drug-likeness (QED) is 0.265. The van der Waals surface area contributed by atoms with Crippen LogP contribution in [-0.4, -0.2) is 108 Å². The average Bonchev–Trinajstić information content (AvgIpc) is 2.63. The molecule has 0 bridgehead atoms. The molecule has 2 fully saturated rings. The lowest BCUT2D eigenvalue weighted by Gasteiger charge is -2.47. The van der Waals surface area contributed by atoms with Crippen LogP contribution in [0.3, 0.4) is 0 Å². The van der Waals surface area contributed by atoms with Gasteiger partial charge in [0.25, 0.3) is 0 Å². The maximum absolute atomic E-state index is 11.6. The fourth-order valence-corrected chi connectivity index (χ4v) is 3.49. The molecule has 2 saturated heterocycles. The molecule has 0 aromatic heterocycles. The number of methoxy groups -OCH3 is 1. The highest BCUT2D eigenvalue weighted by Gasteiger charge is 2.50. The van der Waals surface area contributed by atoms with Crippen molar-refractivity contribution in [3.05, 3.63) is 0 Å². The summed E-state index contributed by atoms with van der Waals surface area (Å²) in [5.74, 6) is -0.446. The van der Waals surface area contributed by atoms with Crippen molar-refractivity contribution in [3.63, 3.8) is 0 Å². The molecule has 0 radical (unpaired) electrons. The van der Waals surface area contributed by atoms with Gasteiger partial charge in [0.15, 0.2) is 6.29 Å². The maximum atomic E-state index is 11.6. The average molecular weight is 394 g/mol. The monoisotopic (exact) mass is 394 g/mol. The number of ether oxygens (including phenoxy) is 4. The van der Waals surface area contributed by atoms with Gasteiger partial charge in [-0.05, 0) is 6.92 Å². The number of aliphatic hydroxyl groups excluding tert-OH is 4. The van der Waals surface area contributed by atoms with Crippen LogP contribution in [0, 0.1) is 0 Å². The minimum Gasteiger partial charge on any atom is -0.394 e. The smallest absolute Gasteiger partial charge is 0.217 e. The molecule has 0 saturated carbocycles. The molecule has 0 spiro atoms. The molecule has 4 unspecified atom stereocenters. The van der Waals surface area contributed by atoms with Gasteiger partial charge in [-0.1, -0.05) is 0 Å². The van der Waals surface area contributed by atoms with Crippen LogP contribution in [0.2, 0.25) is 0 Å². The minimum atomic E-state index is -1.25. The molecule has 0 aromatic carbocycles. The zero-order valence-electron chi connectivity index (χ0n) is 15.6. The molecular weight excluding hydrogens is 364 g/mol. The van der Waals surface area contributed by atoms with Gasteiger partial charge in [0.2, 0.25) is 5.91 Å². The van der Waals surface area contributed by atoms with Gasteiger partial charge in [0, 0.05) is 14.0 Å². The van der Waals surface area contributed by atoms with Gasteiger partial charge in [-0.3, -0.25) is 4.79 Å². The maximum Gasteiger partial charge on any atom is 0.217 e. The van der Waals surface area contributed by atoms with E-state index in [0.717, 1.165) is 0 Å². The summed E-state index contributed by atoms with van der Waals surface area (Å²) < 4.78 is 22.2. The van der Waals surface area contributed by atoms with Crippen molar-refractivity contribution in [2.24, 2.45) is 5.73 Å². The molecule has 11 heteroatoms. The second kappa shape index (κ2) is 9.54. The summed E-state index contributed by atoms with van der Waals surface area (Å²) in [5, 5.41) is 42.7. The molecule has 7 N–H and O–H groups in total. The van der Waals surface area contributed by atoms with Crippen molar-refractivity contribution in [3.8, 4) is 0 Å². The van der Waals surface area contributed by atoms with Crippen molar-refractivity contribution in [1.29, 1.82) is 0 Å². The summed E-state index contributed by atoms with van der Waals surface area (Å²) in [6.45, 7) is 2.02. The van der Waals surface area contributed by atoms with E-state index in [9.17, 15) is 25.2 Å². The van der Waals surface area contributed by atoms with Crippen LogP contribution in [0.25, 0.3) is 0 Å². The van der Waals surface area contributed by atoms with Gasteiger partial charge in [-0.2, -0.15) is 0 Å². The molecule has 27 heavy (non-hydrogen) atoms. The van der Waals surface area contributed by atoms with Crippen LogP contribution >= 0.6 is 0 Å². The third-order valence-electron chi connectivity index (χ3n) is 5.00. The van der Waals surface area contributed by atoms with Crippen LogP contribution in [0.15, 0.2) is 0 Å². The van der Waals surface area contributed by atoms with E-state index in [4.69, 9.17) is 24.7 Å². The summed E-state index contributed by atoms with van der Waals surface area (Å²) in [5.41, 5.74) is 5.92. The SMILES string of the molecule is CO[C@@H]1C(CO)O[C@H](O[C@@H]2C(CO)O[C@@H](C)C(N)[C@H]2O)C(NC(C)=O)[C@H]1O. The fourth-order valence-electron chi connectivity index (χ4n) is 3.49. The van der Waals surface area contributed by atoms with E-state index in [0.29, 0.717) is 0 Å². The van der Waals surface area contributed by atoms with Gasteiger partial charge in [0.05, 0.1) is 25.4 Å². The van der Waals surface area contributed by atoms with Gasteiger partial charge >= 0.3 is 0 Å². The van der Waals surface area contributed by atoms with Gasteiger partial charge in [0.1, 0.15) is 42.7 Å². The topological polar surface area (TPSA) is 173 Å². The van der Waals surface area contributed by atoms with E-state index in [1.54, 1.807) is 6.92 Å². The van der Waals surface area contributed by atoms with E-state index in [2.05, 4.69) is 5.32 Å². The van der Waals surface area contributed by atoms with Crippen LogP contribution in [0.4, 0.5) is 0 Å². The molecule has 2 rings (SSSR count). The van der Waals surface area contributed by atoms with Gasteiger partial charge in [-0.25, -0.2) is 0 Å². The van der Waals surface area contributed by atoms with Gasteiger partial charge < -0.3 is 50.4 Å². The predicted octanol–water partition coefficient (Wildman–Crippen LogP) is -3.56. The molecule has 158 valence electrons. The van der Waals surface area contributed by atoms with Crippen molar-refractivity contribution < 1.29 is 44.2 Å². The van der Waals surface area contributed by atoms with E-state index in [1.165, 1.54) is 14.0 Å². The first-order chi connectivity index (χ1) is 12.7. The second-order valence-corrected chi connectivity index (χ2v) is 6.87. The highest BCUT2D eigenvalue weighted by molar-refractivity contribution is 5.73. The van der Waals surface area contributed by atoms with E-state index >= 15 is 0 Å². The number of carbonyl (C=O) groups excluding carboxylic acids is 1. The van der Waals surface area contributed by atoms with E-state index in [1.807, 2.05) is 0 Å². The Hall–Kier alpha value is -0.890. The Labute approximate surface area is 157 Å². The second-order valence-electron chi connectivity index (χ2n) is 6.87. The van der Waals surface area contributed by atoms with E-state index < -0.39 is 80.2 Å². The molecule has 0 aliphatic carbocycles. The Balaban J connectivity index is 2.24. The molecule has 2 aliphatic rings. The number of aliphatic hydroxyl groups is 4. The lowest BCUT2D eigenvalue weighted by Crippen LogP contribution is -2.68. The highest BCUT2D eigenvalue weighted by atomic mass is 16.7. The third-order valence-corrected chi connectivity index (χ3v) is 5.00. The largest absolute Gasteiger partial charge is 0.394 e. The van der Waals surface area contributed by atoms with Crippen molar-refractivity contribution in [2.75, 3.05) is 20.3 Å². The lowest BCUT2D eigenvalue weighted by molar-refractivity contribution is -0.314. The lowest BCUT2D eigenvalue weighted by atomic mass is 9.93. The van der Waals surface area contributed by atoms with Crippen molar-refractivity contribution in [2.45, 2.75) is 74.9 Å². The number of nitrogens with two attached hydrogens (primary N) is 1. The molecule has 10 atom stereocenters. The zero-order valence-corrected chi connectivity index (χ0v) is 15.6. The molecule has 2 heterocycles. The number of hydrogen-bond donors (Lipinski definition) is 6. The Morgan fingerprint density at radius 2 is 1.70 bits per heavy atom. The Kier molecular flexibility index (Phi) is 7.92. The number of nitrogens with one attached hydrogen (secondary N) is 1. The summed E-state index contributed by atoms with van der Waals surface area (Å²) >= 11 is 0. The number of rotatable bonds is 6. The normalized spacial score (nSPS) is 45.5. The first kappa shape index (κ1) is 22.4. The van der Waals surface area contributed by atoms with E-state index in [-0.39, 0.29) is 0 Å². The van der Waals surface area contributed by atoms with Crippen molar-refractivity contribution in [1.82, 2.24) is 5.32 Å². The number of carbonyl (C=O) groups is 1. The first-order valence-corrected chi connectivity index (χ1v) is 8.84. The molecule has 2 aliphatic heterocycles. The third kappa shape index (κ3) is 4.75. The number of amides is 1. The molecular formula is C16H30N2O9. The fraction of sp³-hybridized carbons (Fsp3) is 0.938. The first-order valence-electron chi connectivity index (χ1n) is 8.84. The molecule has 1 amide bonds. The molecule has 0 aromatic rings. The van der Waals surface area contributed by atoms with Crippen LogP contribution < -0.4 is 11.1 Å². The van der Waals surface area contributed by atoms with Crippen molar-refractivity contribution >= 4 is 5.91 Å². The Morgan fingerprint density at radius 1 is 1.11 bits per heavy atom. The molecule has 11 nitrogen and oxygen atoms in total. The highest BCUT2D eigenvalue weighted by Crippen LogP contribution is 2.29. The summed E-state index contributed by atoms with van der Waals surface area (Å²) in [6.07, 6.45) is -7.99. The summed E-state index contributed by atoms with van der Waals surface area (Å²) in [4.78, 5) is 11.6. The summed E-state index contributed by atoms with van der Waals surface area (Å²) in [7, 11) is 1.34. The Morgan fingerprint density at radius 3 is 2.22 bits per heavy atom. The Bertz CT molecular complexity index is 495.